The molecule has 18 heavy (non-hydrogen) atoms. The number of hydrogen-bond donors (Lipinski definition) is 1. The van der Waals surface area contributed by atoms with Gasteiger partial charge in [0.2, 0.25) is 0 Å². The second-order valence-corrected chi connectivity index (χ2v) is 5.02. The van der Waals surface area contributed by atoms with Crippen molar-refractivity contribution >= 4 is 15.9 Å². The fourth-order valence-corrected chi connectivity index (χ4v) is 2.43. The van der Waals surface area contributed by atoms with Crippen LogP contribution in [0, 0.1) is 6.92 Å². The summed E-state index contributed by atoms with van der Waals surface area (Å²) in [4.78, 5) is 0. The van der Waals surface area contributed by atoms with E-state index in [0.29, 0.717) is 5.75 Å². The first-order valence-corrected chi connectivity index (χ1v) is 6.50. The molecule has 1 N–H and O–H groups in total. The van der Waals surface area contributed by atoms with E-state index >= 15 is 0 Å². The summed E-state index contributed by atoms with van der Waals surface area (Å²) in [6.07, 6.45) is -0.699. The molecular formula is C15H15BrO2. The highest BCUT2D eigenvalue weighted by atomic mass is 79.9. The highest BCUT2D eigenvalue weighted by Crippen LogP contribution is 2.33. The zero-order valence-electron chi connectivity index (χ0n) is 10.4. The highest BCUT2D eigenvalue weighted by molar-refractivity contribution is 9.10. The van der Waals surface area contributed by atoms with E-state index in [-0.39, 0.29) is 0 Å². The Labute approximate surface area is 115 Å². The average Bonchev–Trinajstić information content (AvgIpc) is 2.38. The normalized spacial score (nSPS) is 12.2. The first-order valence-electron chi connectivity index (χ1n) is 5.70. The van der Waals surface area contributed by atoms with Gasteiger partial charge in [-0.2, -0.15) is 0 Å². The molecule has 0 heterocycles. The summed E-state index contributed by atoms with van der Waals surface area (Å²) in [6.45, 7) is 2.00. The fourth-order valence-electron chi connectivity index (χ4n) is 1.93. The van der Waals surface area contributed by atoms with E-state index in [9.17, 15) is 5.11 Å². The molecule has 0 unspecified atom stereocenters. The largest absolute Gasteiger partial charge is 0.496 e. The van der Waals surface area contributed by atoms with Crippen LogP contribution in [-0.2, 0) is 0 Å². The van der Waals surface area contributed by atoms with Gasteiger partial charge in [-0.1, -0.05) is 45.8 Å². The lowest BCUT2D eigenvalue weighted by molar-refractivity contribution is 0.214. The third-order valence-corrected chi connectivity index (χ3v) is 3.60. The predicted octanol–water partition coefficient (Wildman–Crippen LogP) is 3.85. The third-order valence-electron chi connectivity index (χ3n) is 2.88. The molecule has 0 aliphatic rings. The molecule has 0 radical (unpaired) electrons. The molecule has 0 saturated heterocycles. The number of benzene rings is 2. The van der Waals surface area contributed by atoms with Crippen LogP contribution in [-0.4, -0.2) is 12.2 Å². The van der Waals surface area contributed by atoms with Gasteiger partial charge in [0.1, 0.15) is 11.9 Å². The van der Waals surface area contributed by atoms with Crippen molar-refractivity contribution in [1.82, 2.24) is 0 Å². The van der Waals surface area contributed by atoms with Crippen molar-refractivity contribution in [1.29, 1.82) is 0 Å². The summed E-state index contributed by atoms with van der Waals surface area (Å²) in [7, 11) is 1.61. The van der Waals surface area contributed by atoms with Crippen LogP contribution >= 0.6 is 15.9 Å². The molecule has 0 fully saturated rings. The highest BCUT2D eigenvalue weighted by Gasteiger charge is 2.17. The summed E-state index contributed by atoms with van der Waals surface area (Å²) in [6, 6.07) is 13.4. The van der Waals surface area contributed by atoms with Gasteiger partial charge in [-0.15, -0.1) is 0 Å². The molecule has 94 valence electrons. The third kappa shape index (κ3) is 2.57. The van der Waals surface area contributed by atoms with E-state index in [1.807, 2.05) is 49.4 Å². The smallest absolute Gasteiger partial charge is 0.125 e. The number of methoxy groups -OCH3 is 1. The van der Waals surface area contributed by atoms with Gasteiger partial charge in [0.15, 0.2) is 0 Å². The van der Waals surface area contributed by atoms with Gasteiger partial charge in [0, 0.05) is 10.0 Å². The van der Waals surface area contributed by atoms with E-state index < -0.39 is 6.10 Å². The number of aliphatic hydroxyl groups is 1. The van der Waals surface area contributed by atoms with Crippen LogP contribution in [0.1, 0.15) is 22.8 Å². The van der Waals surface area contributed by atoms with E-state index in [4.69, 9.17) is 4.74 Å². The molecule has 2 rings (SSSR count). The topological polar surface area (TPSA) is 29.5 Å². The maximum absolute atomic E-state index is 10.5. The molecule has 2 nitrogen and oxygen atoms in total. The second-order valence-electron chi connectivity index (χ2n) is 4.17. The lowest BCUT2D eigenvalue weighted by Crippen LogP contribution is -2.03. The molecule has 0 aliphatic heterocycles. The minimum atomic E-state index is -0.699. The number of hydrogen-bond acceptors (Lipinski definition) is 2. The van der Waals surface area contributed by atoms with Crippen LogP contribution < -0.4 is 4.74 Å². The van der Waals surface area contributed by atoms with Gasteiger partial charge < -0.3 is 9.84 Å². The Morgan fingerprint density at radius 1 is 1.11 bits per heavy atom. The standard InChI is InChI=1S/C15H15BrO2/c1-10-7-8-14(18-2)12(9-10)15(17)11-5-3-4-6-13(11)16/h3-9,15,17H,1-2H3/t15-/m1/s1. The number of ether oxygens (including phenoxy) is 1. The van der Waals surface area contributed by atoms with Gasteiger partial charge in [-0.25, -0.2) is 0 Å². The Kier molecular flexibility index (Phi) is 4.04. The van der Waals surface area contributed by atoms with Crippen LogP contribution in [0.25, 0.3) is 0 Å². The van der Waals surface area contributed by atoms with E-state index in [1.165, 1.54) is 0 Å². The molecule has 0 aliphatic carbocycles. The monoisotopic (exact) mass is 306 g/mol. The van der Waals surface area contributed by atoms with E-state index in [0.717, 1.165) is 21.2 Å². The Morgan fingerprint density at radius 2 is 1.83 bits per heavy atom. The predicted molar refractivity (Wildman–Crippen MR) is 75.9 cm³/mol. The van der Waals surface area contributed by atoms with Crippen molar-refractivity contribution in [3.8, 4) is 5.75 Å². The summed E-state index contributed by atoms with van der Waals surface area (Å²) >= 11 is 3.46. The lowest BCUT2D eigenvalue weighted by atomic mass is 9.99. The minimum absolute atomic E-state index is 0.698. The quantitative estimate of drug-likeness (QED) is 0.933. The van der Waals surface area contributed by atoms with E-state index in [2.05, 4.69) is 15.9 Å². The van der Waals surface area contributed by atoms with Crippen molar-refractivity contribution < 1.29 is 9.84 Å². The first-order chi connectivity index (χ1) is 8.63. The summed E-state index contributed by atoms with van der Waals surface area (Å²) in [5.74, 6) is 0.698. The second kappa shape index (κ2) is 5.55. The van der Waals surface area contributed by atoms with Gasteiger partial charge >= 0.3 is 0 Å². The summed E-state index contributed by atoms with van der Waals surface area (Å²) < 4.78 is 6.20. The molecule has 2 aromatic carbocycles. The van der Waals surface area contributed by atoms with Crippen molar-refractivity contribution in [3.05, 3.63) is 63.6 Å². The number of halogens is 1. The van der Waals surface area contributed by atoms with Crippen LogP contribution in [0.15, 0.2) is 46.9 Å². The summed E-state index contributed by atoms with van der Waals surface area (Å²) in [5, 5.41) is 10.5. The molecule has 1 atom stereocenters. The fraction of sp³-hybridized carbons (Fsp3) is 0.200. The van der Waals surface area contributed by atoms with E-state index in [1.54, 1.807) is 7.11 Å². The van der Waals surface area contributed by atoms with Gasteiger partial charge in [-0.3, -0.25) is 0 Å². The zero-order chi connectivity index (χ0) is 13.1. The molecule has 0 aromatic heterocycles. The van der Waals surface area contributed by atoms with Crippen molar-refractivity contribution in [3.63, 3.8) is 0 Å². The van der Waals surface area contributed by atoms with Gasteiger partial charge in [-0.05, 0) is 30.7 Å². The van der Waals surface area contributed by atoms with Crippen LogP contribution in [0.2, 0.25) is 0 Å². The van der Waals surface area contributed by atoms with Crippen molar-refractivity contribution in [2.24, 2.45) is 0 Å². The maximum Gasteiger partial charge on any atom is 0.125 e. The minimum Gasteiger partial charge on any atom is -0.496 e. The molecule has 0 spiro atoms. The first kappa shape index (κ1) is 13.1. The van der Waals surface area contributed by atoms with Crippen LogP contribution in [0.5, 0.6) is 5.75 Å². The van der Waals surface area contributed by atoms with Crippen molar-refractivity contribution in [2.45, 2.75) is 13.0 Å². The molecule has 3 heteroatoms. The molecule has 0 amide bonds. The lowest BCUT2D eigenvalue weighted by Gasteiger charge is -2.17. The SMILES string of the molecule is COc1ccc(C)cc1[C@H](O)c1ccccc1Br. The average molecular weight is 307 g/mol. The van der Waals surface area contributed by atoms with Gasteiger partial charge in [0.25, 0.3) is 0 Å². The van der Waals surface area contributed by atoms with Crippen molar-refractivity contribution in [2.75, 3.05) is 7.11 Å². The Bertz CT molecular complexity index is 552. The summed E-state index contributed by atoms with van der Waals surface area (Å²) in [5.41, 5.74) is 2.71. The molecule has 0 bridgehead atoms. The number of aliphatic hydroxyl groups excluding tert-OH is 1. The molecular weight excluding hydrogens is 292 g/mol. The number of rotatable bonds is 3. The maximum atomic E-state index is 10.5. The van der Waals surface area contributed by atoms with Crippen LogP contribution in [0.4, 0.5) is 0 Å². The number of aryl methyl sites for hydroxylation is 1. The molecule has 0 saturated carbocycles. The van der Waals surface area contributed by atoms with Gasteiger partial charge in [0.05, 0.1) is 7.11 Å². The Hall–Kier alpha value is -1.32. The van der Waals surface area contributed by atoms with Crippen LogP contribution in [0.3, 0.4) is 0 Å². The Balaban J connectivity index is 2.48. The molecule has 2 aromatic rings. The Morgan fingerprint density at radius 3 is 2.50 bits per heavy atom. The zero-order valence-corrected chi connectivity index (χ0v) is 11.9.